The maximum absolute atomic E-state index is 13.2. The second-order valence-electron chi connectivity index (χ2n) is 7.20. The van der Waals surface area contributed by atoms with Gasteiger partial charge in [0.05, 0.1) is 24.1 Å². The van der Waals surface area contributed by atoms with Crippen molar-refractivity contribution in [2.24, 2.45) is 0 Å². The number of carbonyl (C=O) groups is 1. The molecular formula is C21H26ClN3O4S. The predicted octanol–water partition coefficient (Wildman–Crippen LogP) is 2.85. The van der Waals surface area contributed by atoms with Crippen LogP contribution in [0.15, 0.2) is 48.5 Å². The maximum Gasteiger partial charge on any atom is 0.246 e. The quantitative estimate of drug-likeness (QED) is 0.675. The molecule has 2 aromatic carbocycles. The van der Waals surface area contributed by atoms with Gasteiger partial charge < -0.3 is 14.5 Å². The average Bonchev–Trinajstić information content (AvgIpc) is 2.73. The highest BCUT2D eigenvalue weighted by atomic mass is 35.5. The molecule has 7 nitrogen and oxygen atoms in total. The number of sulfonamides is 1. The van der Waals surface area contributed by atoms with Crippen LogP contribution in [0.1, 0.15) is 6.92 Å². The van der Waals surface area contributed by atoms with Gasteiger partial charge >= 0.3 is 0 Å². The molecule has 2 aromatic rings. The van der Waals surface area contributed by atoms with Gasteiger partial charge in [0.1, 0.15) is 11.8 Å². The highest BCUT2D eigenvalue weighted by Gasteiger charge is 2.33. The van der Waals surface area contributed by atoms with Crippen molar-refractivity contribution < 1.29 is 17.9 Å². The normalized spacial score (nSPS) is 15.6. The van der Waals surface area contributed by atoms with E-state index >= 15 is 0 Å². The Labute approximate surface area is 182 Å². The molecule has 1 heterocycles. The zero-order valence-electron chi connectivity index (χ0n) is 17.3. The van der Waals surface area contributed by atoms with Crippen molar-refractivity contribution in [1.82, 2.24) is 4.90 Å². The van der Waals surface area contributed by atoms with Crippen LogP contribution in [0, 0.1) is 0 Å². The van der Waals surface area contributed by atoms with Crippen LogP contribution in [0.4, 0.5) is 11.4 Å². The van der Waals surface area contributed by atoms with Crippen molar-refractivity contribution >= 4 is 38.9 Å². The Bertz CT molecular complexity index is 993. The van der Waals surface area contributed by atoms with Crippen LogP contribution in [0.2, 0.25) is 5.02 Å². The van der Waals surface area contributed by atoms with Gasteiger partial charge in [-0.05, 0) is 37.3 Å². The topological polar surface area (TPSA) is 70.2 Å². The number of methoxy groups -OCH3 is 1. The summed E-state index contributed by atoms with van der Waals surface area (Å²) in [7, 11) is -2.23. The Morgan fingerprint density at radius 1 is 1.10 bits per heavy atom. The number of rotatable bonds is 6. The summed E-state index contributed by atoms with van der Waals surface area (Å²) in [6, 6.07) is 13.8. The number of para-hydroxylation sites is 1. The number of nitrogens with zero attached hydrogens (tertiary/aromatic N) is 3. The van der Waals surface area contributed by atoms with E-state index in [4.69, 9.17) is 16.3 Å². The third-order valence-electron chi connectivity index (χ3n) is 5.17. The van der Waals surface area contributed by atoms with E-state index in [9.17, 15) is 13.2 Å². The second-order valence-corrected chi connectivity index (χ2v) is 9.47. The molecule has 0 spiro atoms. The number of anilines is 2. The number of benzene rings is 2. The monoisotopic (exact) mass is 451 g/mol. The first-order valence-electron chi connectivity index (χ1n) is 9.64. The number of amides is 1. The minimum Gasteiger partial charge on any atom is -0.495 e. The molecule has 0 radical (unpaired) electrons. The van der Waals surface area contributed by atoms with E-state index in [2.05, 4.69) is 4.90 Å². The third-order valence-corrected chi connectivity index (χ3v) is 6.71. The average molecular weight is 452 g/mol. The van der Waals surface area contributed by atoms with Crippen molar-refractivity contribution in [1.29, 1.82) is 0 Å². The van der Waals surface area contributed by atoms with E-state index in [0.29, 0.717) is 37.6 Å². The van der Waals surface area contributed by atoms with E-state index in [-0.39, 0.29) is 10.9 Å². The Morgan fingerprint density at radius 2 is 1.73 bits per heavy atom. The smallest absolute Gasteiger partial charge is 0.246 e. The molecule has 1 aliphatic rings. The van der Waals surface area contributed by atoms with Gasteiger partial charge in [-0.3, -0.25) is 9.10 Å². The Kier molecular flexibility index (Phi) is 6.77. The molecule has 9 heteroatoms. The van der Waals surface area contributed by atoms with Crippen molar-refractivity contribution in [2.75, 3.05) is 48.7 Å². The van der Waals surface area contributed by atoms with Gasteiger partial charge in [0.2, 0.25) is 15.9 Å². The highest BCUT2D eigenvalue weighted by molar-refractivity contribution is 7.92. The minimum absolute atomic E-state index is 0.236. The molecule has 0 aromatic heterocycles. The fourth-order valence-electron chi connectivity index (χ4n) is 3.68. The lowest BCUT2D eigenvalue weighted by Gasteiger charge is -2.39. The van der Waals surface area contributed by atoms with Gasteiger partial charge in [-0.15, -0.1) is 0 Å². The van der Waals surface area contributed by atoms with E-state index in [1.54, 1.807) is 24.0 Å². The first-order valence-corrected chi connectivity index (χ1v) is 11.9. The van der Waals surface area contributed by atoms with Crippen LogP contribution in [-0.2, 0) is 14.8 Å². The van der Waals surface area contributed by atoms with Gasteiger partial charge in [0, 0.05) is 31.9 Å². The fraction of sp³-hybridized carbons (Fsp3) is 0.381. The van der Waals surface area contributed by atoms with Crippen LogP contribution >= 0.6 is 11.6 Å². The fourth-order valence-corrected chi connectivity index (χ4v) is 5.10. The molecule has 0 saturated carbocycles. The highest BCUT2D eigenvalue weighted by Crippen LogP contribution is 2.31. The SMILES string of the molecule is COc1ccc(N(C(C)C(=O)N2CCN(c3ccccc3)CC2)S(C)(=O)=O)cc1Cl. The van der Waals surface area contributed by atoms with Crippen LogP contribution in [0.5, 0.6) is 5.75 Å². The minimum atomic E-state index is -3.72. The predicted molar refractivity (Wildman–Crippen MR) is 120 cm³/mol. The standard InChI is InChI=1S/C21H26ClN3O4S/c1-16(25(30(3,27)28)18-9-10-20(29-2)19(22)15-18)21(26)24-13-11-23(12-14-24)17-7-5-4-6-8-17/h4-10,15-16H,11-14H2,1-3H3. The Hall–Kier alpha value is -2.45. The van der Waals surface area contributed by atoms with Crippen LogP contribution < -0.4 is 13.9 Å². The maximum atomic E-state index is 13.2. The van der Waals surface area contributed by atoms with Crippen molar-refractivity contribution in [3.8, 4) is 5.75 Å². The number of halogens is 1. The number of ether oxygens (including phenoxy) is 1. The lowest BCUT2D eigenvalue weighted by atomic mass is 10.2. The molecule has 1 saturated heterocycles. The summed E-state index contributed by atoms with van der Waals surface area (Å²) < 4.78 is 31.3. The first-order chi connectivity index (χ1) is 14.2. The van der Waals surface area contributed by atoms with E-state index in [0.717, 1.165) is 16.2 Å². The van der Waals surface area contributed by atoms with Gasteiger partial charge in [-0.1, -0.05) is 29.8 Å². The molecule has 1 atom stereocenters. The molecule has 1 fully saturated rings. The zero-order valence-corrected chi connectivity index (χ0v) is 18.9. The lowest BCUT2D eigenvalue weighted by Crippen LogP contribution is -2.55. The summed E-state index contributed by atoms with van der Waals surface area (Å²) in [5.41, 5.74) is 1.44. The summed E-state index contributed by atoms with van der Waals surface area (Å²) in [6.45, 7) is 4.04. The molecule has 3 rings (SSSR count). The van der Waals surface area contributed by atoms with Gasteiger partial charge in [-0.25, -0.2) is 8.42 Å². The lowest BCUT2D eigenvalue weighted by molar-refractivity contribution is -0.132. The Balaban J connectivity index is 1.76. The largest absolute Gasteiger partial charge is 0.495 e. The number of hydrogen-bond donors (Lipinski definition) is 0. The third kappa shape index (κ3) is 4.82. The molecule has 0 bridgehead atoms. The second kappa shape index (κ2) is 9.14. The summed E-state index contributed by atoms with van der Waals surface area (Å²) in [5, 5.41) is 0.278. The summed E-state index contributed by atoms with van der Waals surface area (Å²) in [5.74, 6) is 0.199. The Morgan fingerprint density at radius 3 is 2.27 bits per heavy atom. The molecule has 1 amide bonds. The summed E-state index contributed by atoms with van der Waals surface area (Å²) >= 11 is 6.18. The molecule has 1 aliphatic heterocycles. The summed E-state index contributed by atoms with van der Waals surface area (Å²) in [4.78, 5) is 17.1. The number of carbonyl (C=O) groups excluding carboxylic acids is 1. The molecule has 0 aliphatic carbocycles. The van der Waals surface area contributed by atoms with E-state index < -0.39 is 16.1 Å². The van der Waals surface area contributed by atoms with Crippen LogP contribution in [0.25, 0.3) is 0 Å². The van der Waals surface area contributed by atoms with Gasteiger partial charge in [0.25, 0.3) is 0 Å². The molecule has 0 N–H and O–H groups in total. The van der Waals surface area contributed by atoms with Crippen molar-refractivity contribution in [3.63, 3.8) is 0 Å². The molecule has 162 valence electrons. The first kappa shape index (κ1) is 22.2. The molecule has 1 unspecified atom stereocenters. The van der Waals surface area contributed by atoms with E-state index in [1.807, 2.05) is 30.3 Å². The summed E-state index contributed by atoms with van der Waals surface area (Å²) in [6.07, 6.45) is 1.09. The van der Waals surface area contributed by atoms with Crippen LogP contribution in [0.3, 0.4) is 0 Å². The van der Waals surface area contributed by atoms with Crippen LogP contribution in [-0.4, -0.2) is 64.8 Å². The number of piperazine rings is 1. The molecular weight excluding hydrogens is 426 g/mol. The number of hydrogen-bond acceptors (Lipinski definition) is 5. The van der Waals surface area contributed by atoms with Gasteiger partial charge in [-0.2, -0.15) is 0 Å². The van der Waals surface area contributed by atoms with E-state index in [1.165, 1.54) is 13.2 Å². The zero-order chi connectivity index (χ0) is 21.9. The van der Waals surface area contributed by atoms with Gasteiger partial charge in [0.15, 0.2) is 0 Å². The molecule has 30 heavy (non-hydrogen) atoms. The van der Waals surface area contributed by atoms with Crippen molar-refractivity contribution in [2.45, 2.75) is 13.0 Å². The van der Waals surface area contributed by atoms with Crippen molar-refractivity contribution in [3.05, 3.63) is 53.6 Å².